The lowest BCUT2D eigenvalue weighted by atomic mass is 10.2. The maximum atomic E-state index is 11.3. The first-order valence-electron chi connectivity index (χ1n) is 4.92. The minimum absolute atomic E-state index is 0.173. The van der Waals surface area contributed by atoms with Crippen molar-refractivity contribution in [3.63, 3.8) is 0 Å². The Morgan fingerprint density at radius 3 is 2.71 bits per heavy atom. The van der Waals surface area contributed by atoms with Gasteiger partial charge in [0.1, 0.15) is 24.4 Å². The lowest BCUT2D eigenvalue weighted by Crippen LogP contribution is -2.22. The SMILES string of the molecule is CN(C)/C=C/C=C(/C#N)C(=O)OCC(O)CO. The smallest absolute Gasteiger partial charge is 0.348 e. The molecular weight excluding hydrogens is 224 g/mol. The zero-order valence-electron chi connectivity index (χ0n) is 9.83. The van der Waals surface area contributed by atoms with Crippen molar-refractivity contribution in [2.45, 2.75) is 6.10 Å². The molecule has 0 heterocycles. The highest BCUT2D eigenvalue weighted by atomic mass is 16.5. The van der Waals surface area contributed by atoms with Crippen LogP contribution in [0.15, 0.2) is 23.9 Å². The van der Waals surface area contributed by atoms with E-state index in [0.717, 1.165) is 0 Å². The lowest BCUT2D eigenvalue weighted by molar-refractivity contribution is -0.142. The van der Waals surface area contributed by atoms with Gasteiger partial charge in [-0.2, -0.15) is 5.26 Å². The molecule has 0 aromatic heterocycles. The standard InChI is InChI=1S/C11H16N2O4/c1-13(2)5-3-4-9(6-12)11(16)17-8-10(15)7-14/h3-5,10,14-15H,7-8H2,1-2H3/b5-3+,9-4-. The molecule has 94 valence electrons. The van der Waals surface area contributed by atoms with Crippen LogP contribution >= 0.6 is 0 Å². The van der Waals surface area contributed by atoms with E-state index in [1.165, 1.54) is 12.2 Å². The van der Waals surface area contributed by atoms with Crippen molar-refractivity contribution in [3.05, 3.63) is 23.9 Å². The molecule has 0 saturated carbocycles. The molecule has 1 unspecified atom stereocenters. The Morgan fingerprint density at radius 1 is 1.59 bits per heavy atom. The number of hydrogen-bond acceptors (Lipinski definition) is 6. The molecule has 0 aliphatic carbocycles. The van der Waals surface area contributed by atoms with E-state index in [4.69, 9.17) is 15.5 Å². The summed E-state index contributed by atoms with van der Waals surface area (Å²) in [5, 5.41) is 26.2. The highest BCUT2D eigenvalue weighted by Crippen LogP contribution is 1.98. The second-order valence-corrected chi connectivity index (χ2v) is 3.43. The Bertz CT molecular complexity index is 342. The van der Waals surface area contributed by atoms with Crippen molar-refractivity contribution in [2.75, 3.05) is 27.3 Å². The molecule has 0 bridgehead atoms. The summed E-state index contributed by atoms with van der Waals surface area (Å²) in [6, 6.07) is 1.69. The minimum atomic E-state index is -1.13. The van der Waals surface area contributed by atoms with Crippen molar-refractivity contribution in [2.24, 2.45) is 0 Å². The van der Waals surface area contributed by atoms with Crippen LogP contribution in [0.2, 0.25) is 0 Å². The number of allylic oxidation sites excluding steroid dienone is 2. The summed E-state index contributed by atoms with van der Waals surface area (Å²) in [6.45, 7) is -0.842. The van der Waals surface area contributed by atoms with E-state index in [1.807, 2.05) is 0 Å². The van der Waals surface area contributed by atoms with Gasteiger partial charge in [-0.1, -0.05) is 0 Å². The summed E-state index contributed by atoms with van der Waals surface area (Å²) in [4.78, 5) is 13.1. The third-order valence-electron chi connectivity index (χ3n) is 1.61. The third kappa shape index (κ3) is 7.11. The van der Waals surface area contributed by atoms with E-state index >= 15 is 0 Å². The summed E-state index contributed by atoms with van der Waals surface area (Å²) in [6.07, 6.45) is 3.37. The molecule has 0 saturated heterocycles. The number of ether oxygens (including phenoxy) is 1. The van der Waals surface area contributed by atoms with Gasteiger partial charge in [-0.15, -0.1) is 0 Å². The van der Waals surface area contributed by atoms with Gasteiger partial charge in [-0.05, 0) is 18.4 Å². The summed E-state index contributed by atoms with van der Waals surface area (Å²) < 4.78 is 4.62. The van der Waals surface area contributed by atoms with Gasteiger partial charge >= 0.3 is 5.97 Å². The predicted molar refractivity (Wildman–Crippen MR) is 60.6 cm³/mol. The molecule has 17 heavy (non-hydrogen) atoms. The second kappa shape index (κ2) is 8.33. The number of nitriles is 1. The van der Waals surface area contributed by atoms with Crippen molar-refractivity contribution in [3.8, 4) is 6.07 Å². The van der Waals surface area contributed by atoms with E-state index < -0.39 is 18.7 Å². The number of esters is 1. The number of rotatable bonds is 6. The summed E-state index contributed by atoms with van der Waals surface area (Å²) in [5.74, 6) is -0.830. The molecule has 1 atom stereocenters. The molecule has 0 spiro atoms. The zero-order valence-corrected chi connectivity index (χ0v) is 9.83. The molecule has 0 aromatic rings. The van der Waals surface area contributed by atoms with Crippen molar-refractivity contribution < 1.29 is 19.7 Å². The summed E-state index contributed by atoms with van der Waals surface area (Å²) in [5.41, 5.74) is -0.173. The molecule has 0 amide bonds. The summed E-state index contributed by atoms with van der Waals surface area (Å²) >= 11 is 0. The number of hydrogen-bond donors (Lipinski definition) is 2. The fourth-order valence-electron chi connectivity index (χ4n) is 0.765. The van der Waals surface area contributed by atoms with Crippen LogP contribution in [0.3, 0.4) is 0 Å². The van der Waals surface area contributed by atoms with E-state index in [0.29, 0.717) is 0 Å². The molecule has 2 N–H and O–H groups in total. The number of carbonyl (C=O) groups is 1. The Morgan fingerprint density at radius 2 is 2.24 bits per heavy atom. The lowest BCUT2D eigenvalue weighted by Gasteiger charge is -2.07. The van der Waals surface area contributed by atoms with Crippen molar-refractivity contribution in [1.82, 2.24) is 4.90 Å². The average Bonchev–Trinajstić information content (AvgIpc) is 2.30. The van der Waals surface area contributed by atoms with E-state index in [-0.39, 0.29) is 12.2 Å². The highest BCUT2D eigenvalue weighted by molar-refractivity contribution is 5.93. The van der Waals surface area contributed by atoms with Crippen LogP contribution in [-0.4, -0.2) is 54.5 Å². The maximum Gasteiger partial charge on any atom is 0.348 e. The Balaban J connectivity index is 4.37. The minimum Gasteiger partial charge on any atom is -0.459 e. The van der Waals surface area contributed by atoms with Gasteiger partial charge in [0.2, 0.25) is 0 Å². The highest BCUT2D eigenvalue weighted by Gasteiger charge is 2.11. The van der Waals surface area contributed by atoms with E-state index in [9.17, 15) is 4.79 Å². The molecule has 0 radical (unpaired) electrons. The van der Waals surface area contributed by atoms with E-state index in [2.05, 4.69) is 4.74 Å². The maximum absolute atomic E-state index is 11.3. The third-order valence-corrected chi connectivity index (χ3v) is 1.61. The molecule has 6 heteroatoms. The van der Waals surface area contributed by atoms with Crippen LogP contribution in [0.4, 0.5) is 0 Å². The first-order valence-corrected chi connectivity index (χ1v) is 4.92. The molecule has 0 rings (SSSR count). The van der Waals surface area contributed by atoms with Crippen LogP contribution in [0, 0.1) is 11.3 Å². The van der Waals surface area contributed by atoms with E-state index in [1.54, 1.807) is 31.3 Å². The first kappa shape index (κ1) is 15.2. The largest absolute Gasteiger partial charge is 0.459 e. The van der Waals surface area contributed by atoms with Gasteiger partial charge < -0.3 is 19.8 Å². The van der Waals surface area contributed by atoms with Gasteiger partial charge in [0.05, 0.1) is 6.61 Å². The molecular formula is C11H16N2O4. The van der Waals surface area contributed by atoms with Gasteiger partial charge in [0, 0.05) is 14.1 Å². The molecule has 0 aromatic carbocycles. The number of nitrogens with zero attached hydrogens (tertiary/aromatic N) is 2. The second-order valence-electron chi connectivity index (χ2n) is 3.43. The van der Waals surface area contributed by atoms with Gasteiger partial charge in [-0.3, -0.25) is 0 Å². The molecule has 0 fully saturated rings. The van der Waals surface area contributed by atoms with Gasteiger partial charge in [-0.25, -0.2) is 4.79 Å². The van der Waals surface area contributed by atoms with Crippen LogP contribution in [0.25, 0.3) is 0 Å². The van der Waals surface area contributed by atoms with Crippen molar-refractivity contribution in [1.29, 1.82) is 5.26 Å². The monoisotopic (exact) mass is 240 g/mol. The Hall–Kier alpha value is -1.84. The molecule has 0 aliphatic rings. The topological polar surface area (TPSA) is 93.8 Å². The average molecular weight is 240 g/mol. The molecule has 0 aliphatic heterocycles. The zero-order chi connectivity index (χ0) is 13.3. The van der Waals surface area contributed by atoms with Crippen molar-refractivity contribution >= 4 is 5.97 Å². The Kier molecular flexibility index (Phi) is 7.43. The predicted octanol–water partition coefficient (Wildman–Crippen LogP) is -0.592. The van der Waals surface area contributed by atoms with Crippen LogP contribution in [-0.2, 0) is 9.53 Å². The van der Waals surface area contributed by atoms with Gasteiger partial charge in [0.15, 0.2) is 0 Å². The van der Waals surface area contributed by atoms with Gasteiger partial charge in [0.25, 0.3) is 0 Å². The Labute approximate surface area is 100 Å². The number of aliphatic hydroxyl groups is 2. The van der Waals surface area contributed by atoms with Crippen LogP contribution in [0.1, 0.15) is 0 Å². The summed E-state index contributed by atoms with van der Waals surface area (Å²) in [7, 11) is 3.60. The van der Waals surface area contributed by atoms with Crippen LogP contribution < -0.4 is 0 Å². The normalized spacial score (nSPS) is 13.2. The fraction of sp³-hybridized carbons (Fsp3) is 0.455. The quantitative estimate of drug-likeness (QED) is 0.279. The fourth-order valence-corrected chi connectivity index (χ4v) is 0.765. The molecule has 6 nitrogen and oxygen atoms in total. The number of carbonyl (C=O) groups excluding carboxylic acids is 1. The number of aliphatic hydroxyl groups excluding tert-OH is 2. The first-order chi connectivity index (χ1) is 8.01. The van der Waals surface area contributed by atoms with Crippen LogP contribution in [0.5, 0.6) is 0 Å².